The van der Waals surface area contributed by atoms with Gasteiger partial charge in [-0.25, -0.2) is 4.39 Å². The van der Waals surface area contributed by atoms with Gasteiger partial charge in [0.25, 0.3) is 11.8 Å². The first-order valence-electron chi connectivity index (χ1n) is 13.0. The lowest BCUT2D eigenvalue weighted by molar-refractivity contribution is -0.116. The van der Waals surface area contributed by atoms with Gasteiger partial charge in [0, 0.05) is 12.1 Å². The summed E-state index contributed by atoms with van der Waals surface area (Å²) in [5, 5.41) is 7.73. The Bertz CT molecular complexity index is 1310. The molecule has 1 aliphatic heterocycles. The highest BCUT2D eigenvalue weighted by molar-refractivity contribution is 7.12. The SMILES string of the molecule is NCC1CCCC(CNC(=O)c2ccc3c(c2)NC(=O)CC(c2ccc(F)cc2)N3C(=O)c2cccs2)C1. The number of fused-ring (bicyclic) bond motifs is 1. The van der Waals surface area contributed by atoms with Crippen LogP contribution in [-0.4, -0.2) is 30.8 Å². The summed E-state index contributed by atoms with van der Waals surface area (Å²) in [4.78, 5) is 41.8. The van der Waals surface area contributed by atoms with E-state index in [9.17, 15) is 18.8 Å². The molecule has 3 unspecified atom stereocenters. The second-order valence-corrected chi connectivity index (χ2v) is 11.0. The van der Waals surface area contributed by atoms with E-state index in [0.717, 1.165) is 25.7 Å². The van der Waals surface area contributed by atoms with E-state index in [0.29, 0.717) is 52.3 Å². The van der Waals surface area contributed by atoms with E-state index in [1.165, 1.54) is 23.5 Å². The minimum absolute atomic E-state index is 0.0110. The van der Waals surface area contributed by atoms with E-state index in [1.807, 2.05) is 5.38 Å². The summed E-state index contributed by atoms with van der Waals surface area (Å²) in [6, 6.07) is 13.7. The molecule has 198 valence electrons. The molecule has 3 amide bonds. The topological polar surface area (TPSA) is 105 Å². The Balaban J connectivity index is 1.44. The van der Waals surface area contributed by atoms with E-state index in [2.05, 4.69) is 10.6 Å². The minimum Gasteiger partial charge on any atom is -0.352 e. The third-order valence-electron chi connectivity index (χ3n) is 7.46. The monoisotopic (exact) mass is 534 g/mol. The van der Waals surface area contributed by atoms with Crippen molar-refractivity contribution in [2.75, 3.05) is 23.3 Å². The lowest BCUT2D eigenvalue weighted by Crippen LogP contribution is -2.35. The lowest BCUT2D eigenvalue weighted by Gasteiger charge is -2.30. The van der Waals surface area contributed by atoms with Crippen LogP contribution in [0, 0.1) is 17.7 Å². The zero-order valence-corrected chi connectivity index (χ0v) is 21.8. The Morgan fingerprint density at radius 3 is 2.63 bits per heavy atom. The smallest absolute Gasteiger partial charge is 0.268 e. The highest BCUT2D eigenvalue weighted by Crippen LogP contribution is 2.40. The van der Waals surface area contributed by atoms with E-state index >= 15 is 0 Å². The first-order chi connectivity index (χ1) is 18.4. The first kappa shape index (κ1) is 26.1. The summed E-state index contributed by atoms with van der Waals surface area (Å²) in [6.45, 7) is 1.25. The summed E-state index contributed by atoms with van der Waals surface area (Å²) in [5.74, 6) is -0.282. The van der Waals surface area contributed by atoms with Crippen molar-refractivity contribution in [3.05, 3.63) is 81.8 Å². The van der Waals surface area contributed by atoms with Crippen LogP contribution in [0.3, 0.4) is 0 Å². The van der Waals surface area contributed by atoms with Crippen molar-refractivity contribution in [2.45, 2.75) is 38.1 Å². The van der Waals surface area contributed by atoms with E-state index in [-0.39, 0.29) is 24.1 Å². The predicted molar refractivity (Wildman–Crippen MR) is 147 cm³/mol. The molecule has 2 heterocycles. The number of hydrogen-bond acceptors (Lipinski definition) is 5. The molecule has 9 heteroatoms. The van der Waals surface area contributed by atoms with Gasteiger partial charge in [-0.3, -0.25) is 19.3 Å². The molecule has 1 aliphatic carbocycles. The zero-order valence-electron chi connectivity index (χ0n) is 21.0. The fourth-order valence-corrected chi connectivity index (χ4v) is 6.15. The fraction of sp³-hybridized carbons (Fsp3) is 0.345. The third-order valence-corrected chi connectivity index (χ3v) is 8.32. The fourth-order valence-electron chi connectivity index (χ4n) is 5.49. The second kappa shape index (κ2) is 11.4. The second-order valence-electron chi connectivity index (χ2n) is 10.0. The van der Waals surface area contributed by atoms with Gasteiger partial charge in [-0.15, -0.1) is 11.3 Å². The van der Waals surface area contributed by atoms with Crippen LogP contribution < -0.4 is 21.3 Å². The standard InChI is InChI=1S/C29H31FN4O3S/c30-22-9-6-20(7-10-22)25-15-27(35)33-23-14-21(28(36)32-17-19-4-1-3-18(13-19)16-31)8-11-24(23)34(25)29(37)26-5-2-12-38-26/h2,5-12,14,18-19,25H,1,3-4,13,15-17,31H2,(H,32,36)(H,33,35). The van der Waals surface area contributed by atoms with Gasteiger partial charge in [-0.05, 0) is 85.0 Å². The minimum atomic E-state index is -0.645. The number of nitrogens with one attached hydrogen (secondary N) is 2. The van der Waals surface area contributed by atoms with Gasteiger partial charge in [0.05, 0.1) is 28.7 Å². The number of thiophene rings is 1. The molecular weight excluding hydrogens is 503 g/mol. The van der Waals surface area contributed by atoms with Crippen LogP contribution in [0.5, 0.6) is 0 Å². The van der Waals surface area contributed by atoms with Crippen molar-refractivity contribution in [1.29, 1.82) is 0 Å². The molecule has 1 fully saturated rings. The molecule has 7 nitrogen and oxygen atoms in total. The third kappa shape index (κ3) is 5.63. The number of rotatable bonds is 6. The highest BCUT2D eigenvalue weighted by Gasteiger charge is 2.35. The van der Waals surface area contributed by atoms with Gasteiger partial charge in [-0.2, -0.15) is 0 Å². The summed E-state index contributed by atoms with van der Waals surface area (Å²) in [7, 11) is 0. The van der Waals surface area contributed by atoms with Crippen LogP contribution in [-0.2, 0) is 4.79 Å². The molecule has 0 spiro atoms. The average Bonchev–Trinajstić information content (AvgIpc) is 3.43. The van der Waals surface area contributed by atoms with Crippen molar-refractivity contribution >= 4 is 40.4 Å². The molecule has 0 saturated heterocycles. The van der Waals surface area contributed by atoms with Gasteiger partial charge >= 0.3 is 0 Å². The number of halogens is 1. The van der Waals surface area contributed by atoms with Crippen molar-refractivity contribution in [3.63, 3.8) is 0 Å². The summed E-state index contributed by atoms with van der Waals surface area (Å²) in [5.41, 5.74) is 7.77. The number of nitrogens with two attached hydrogens (primary N) is 1. The zero-order chi connectivity index (χ0) is 26.6. The largest absolute Gasteiger partial charge is 0.352 e. The number of carbonyl (C=O) groups excluding carboxylic acids is 3. The number of amides is 3. The van der Waals surface area contributed by atoms with Gasteiger partial charge in [-0.1, -0.05) is 24.6 Å². The molecule has 1 aromatic heterocycles. The Hall–Kier alpha value is -3.56. The maximum absolute atomic E-state index is 13.7. The van der Waals surface area contributed by atoms with Crippen LogP contribution in [0.2, 0.25) is 0 Å². The Kier molecular flexibility index (Phi) is 7.85. The molecule has 4 N–H and O–H groups in total. The summed E-state index contributed by atoms with van der Waals surface area (Å²) >= 11 is 1.31. The molecule has 5 rings (SSSR count). The van der Waals surface area contributed by atoms with Gasteiger partial charge in [0.15, 0.2) is 0 Å². The van der Waals surface area contributed by atoms with Gasteiger partial charge in [0.2, 0.25) is 5.91 Å². The molecule has 38 heavy (non-hydrogen) atoms. The van der Waals surface area contributed by atoms with Gasteiger partial charge < -0.3 is 16.4 Å². The molecule has 3 atom stereocenters. The van der Waals surface area contributed by atoms with Crippen LogP contribution in [0.15, 0.2) is 60.0 Å². The maximum Gasteiger partial charge on any atom is 0.268 e. The van der Waals surface area contributed by atoms with Crippen molar-refractivity contribution < 1.29 is 18.8 Å². The number of anilines is 2. The lowest BCUT2D eigenvalue weighted by atomic mass is 9.81. The molecule has 3 aromatic rings. The molecule has 2 aliphatic rings. The van der Waals surface area contributed by atoms with Crippen LogP contribution in [0.1, 0.15) is 63.7 Å². The number of hydrogen-bond donors (Lipinski definition) is 3. The van der Waals surface area contributed by atoms with Crippen LogP contribution in [0.25, 0.3) is 0 Å². The normalized spacial score (nSPS) is 21.3. The summed E-state index contributed by atoms with van der Waals surface area (Å²) in [6.07, 6.45) is 4.34. The molecule has 2 aromatic carbocycles. The molecule has 0 radical (unpaired) electrons. The predicted octanol–water partition coefficient (Wildman–Crippen LogP) is 5.11. The van der Waals surface area contributed by atoms with Gasteiger partial charge in [0.1, 0.15) is 5.82 Å². The Morgan fingerprint density at radius 1 is 1.11 bits per heavy atom. The highest BCUT2D eigenvalue weighted by atomic mass is 32.1. The van der Waals surface area contributed by atoms with Crippen LogP contribution in [0.4, 0.5) is 15.8 Å². The maximum atomic E-state index is 13.7. The van der Waals surface area contributed by atoms with E-state index < -0.39 is 11.9 Å². The first-order valence-corrected chi connectivity index (χ1v) is 13.9. The van der Waals surface area contributed by atoms with Crippen LogP contribution >= 0.6 is 11.3 Å². The Morgan fingerprint density at radius 2 is 1.89 bits per heavy atom. The van der Waals surface area contributed by atoms with E-state index in [4.69, 9.17) is 5.73 Å². The van der Waals surface area contributed by atoms with E-state index in [1.54, 1.807) is 47.4 Å². The van der Waals surface area contributed by atoms with Crippen molar-refractivity contribution in [3.8, 4) is 0 Å². The molecule has 0 bridgehead atoms. The Labute approximate surface area is 225 Å². The number of carbonyl (C=O) groups is 3. The molecular formula is C29H31FN4O3S. The molecule has 1 saturated carbocycles. The quantitative estimate of drug-likeness (QED) is 0.409. The number of benzene rings is 2. The average molecular weight is 535 g/mol. The van der Waals surface area contributed by atoms with Crippen molar-refractivity contribution in [1.82, 2.24) is 5.32 Å². The van der Waals surface area contributed by atoms with Crippen molar-refractivity contribution in [2.24, 2.45) is 17.6 Å². The summed E-state index contributed by atoms with van der Waals surface area (Å²) < 4.78 is 13.7. The number of nitrogens with zero attached hydrogens (tertiary/aromatic N) is 1.